The average molecular weight is 311 g/mol. The van der Waals surface area contributed by atoms with Gasteiger partial charge in [-0.05, 0) is 47.5 Å². The molecule has 128 valence electrons. The quantitative estimate of drug-likeness (QED) is 0.503. The number of aliphatic imine (C=N–C) groups is 1. The van der Waals surface area contributed by atoms with Crippen LogP contribution in [0.3, 0.4) is 0 Å². The molecule has 6 nitrogen and oxygen atoms in total. The first-order chi connectivity index (χ1) is 10.3. The summed E-state index contributed by atoms with van der Waals surface area (Å²) < 4.78 is 0. The molecule has 1 fully saturated rings. The molecule has 0 aromatic heterocycles. The number of primary amides is 1. The molecule has 4 N–H and O–H groups in total. The number of piperidine rings is 1. The van der Waals surface area contributed by atoms with Gasteiger partial charge >= 0.3 is 0 Å². The van der Waals surface area contributed by atoms with E-state index < -0.39 is 5.41 Å². The molecule has 0 bridgehead atoms. The average Bonchev–Trinajstić information content (AvgIpc) is 2.45. The van der Waals surface area contributed by atoms with Crippen LogP contribution in [-0.2, 0) is 4.79 Å². The lowest BCUT2D eigenvalue weighted by atomic mass is 9.93. The van der Waals surface area contributed by atoms with Gasteiger partial charge in [0.1, 0.15) is 0 Å². The Balaban J connectivity index is 2.56. The van der Waals surface area contributed by atoms with Gasteiger partial charge in [-0.25, -0.2) is 0 Å². The SMILES string of the molecule is CCNC(=NCC(C)(C)C(N)=O)NC1CCN(C(C)C)CC1. The maximum absolute atomic E-state index is 11.4. The molecule has 0 aromatic carbocycles. The maximum atomic E-state index is 11.4. The van der Waals surface area contributed by atoms with Crippen molar-refractivity contribution in [2.75, 3.05) is 26.2 Å². The molecule has 1 aliphatic heterocycles. The zero-order valence-electron chi connectivity index (χ0n) is 14.8. The van der Waals surface area contributed by atoms with Crippen LogP contribution in [0.1, 0.15) is 47.5 Å². The molecule has 0 spiro atoms. The molecule has 1 saturated heterocycles. The number of nitrogens with one attached hydrogen (secondary N) is 2. The summed E-state index contributed by atoms with van der Waals surface area (Å²) in [5, 5.41) is 6.74. The minimum absolute atomic E-state index is 0.322. The van der Waals surface area contributed by atoms with Gasteiger partial charge in [0.25, 0.3) is 0 Å². The summed E-state index contributed by atoms with van der Waals surface area (Å²) in [4.78, 5) is 18.4. The van der Waals surface area contributed by atoms with Crippen LogP contribution in [-0.4, -0.2) is 55.0 Å². The Hall–Kier alpha value is -1.30. The molecule has 1 amide bonds. The molecule has 22 heavy (non-hydrogen) atoms. The summed E-state index contributed by atoms with van der Waals surface area (Å²) in [6, 6.07) is 1.05. The Morgan fingerprint density at radius 2 is 1.95 bits per heavy atom. The zero-order chi connectivity index (χ0) is 16.8. The van der Waals surface area contributed by atoms with E-state index in [4.69, 9.17) is 5.73 Å². The maximum Gasteiger partial charge on any atom is 0.224 e. The van der Waals surface area contributed by atoms with E-state index in [9.17, 15) is 4.79 Å². The van der Waals surface area contributed by atoms with Gasteiger partial charge in [0.2, 0.25) is 5.91 Å². The molecule has 1 rings (SSSR count). The van der Waals surface area contributed by atoms with Gasteiger partial charge in [0.15, 0.2) is 5.96 Å². The Morgan fingerprint density at radius 3 is 2.41 bits per heavy atom. The van der Waals surface area contributed by atoms with Crippen LogP contribution in [0.5, 0.6) is 0 Å². The van der Waals surface area contributed by atoms with Crippen molar-refractivity contribution < 1.29 is 4.79 Å². The van der Waals surface area contributed by atoms with Crippen LogP contribution in [0.2, 0.25) is 0 Å². The highest BCUT2D eigenvalue weighted by Crippen LogP contribution is 2.15. The van der Waals surface area contributed by atoms with E-state index in [1.807, 2.05) is 20.8 Å². The molecule has 1 heterocycles. The molecule has 1 aliphatic rings. The van der Waals surface area contributed by atoms with E-state index in [0.29, 0.717) is 18.6 Å². The molecule has 0 radical (unpaired) electrons. The van der Waals surface area contributed by atoms with Crippen LogP contribution >= 0.6 is 0 Å². The number of carbonyl (C=O) groups excluding carboxylic acids is 1. The summed E-state index contributed by atoms with van der Waals surface area (Å²) >= 11 is 0. The van der Waals surface area contributed by atoms with Gasteiger partial charge < -0.3 is 21.3 Å². The number of hydrogen-bond donors (Lipinski definition) is 3. The number of rotatable bonds is 6. The van der Waals surface area contributed by atoms with Crippen molar-refractivity contribution in [1.82, 2.24) is 15.5 Å². The molecular weight excluding hydrogens is 278 g/mol. The van der Waals surface area contributed by atoms with E-state index in [2.05, 4.69) is 34.4 Å². The fourth-order valence-corrected chi connectivity index (χ4v) is 2.43. The van der Waals surface area contributed by atoms with E-state index >= 15 is 0 Å². The first-order valence-electron chi connectivity index (χ1n) is 8.35. The van der Waals surface area contributed by atoms with Crippen molar-refractivity contribution in [3.05, 3.63) is 0 Å². The number of nitrogens with two attached hydrogens (primary N) is 1. The third-order valence-electron chi connectivity index (χ3n) is 4.24. The lowest BCUT2D eigenvalue weighted by Crippen LogP contribution is -2.50. The topological polar surface area (TPSA) is 82.7 Å². The summed E-state index contributed by atoms with van der Waals surface area (Å²) in [6.07, 6.45) is 2.23. The predicted molar refractivity (Wildman–Crippen MR) is 91.8 cm³/mol. The Bertz CT molecular complexity index is 384. The number of guanidine groups is 1. The largest absolute Gasteiger partial charge is 0.369 e. The summed E-state index contributed by atoms with van der Waals surface area (Å²) in [5.74, 6) is 0.456. The van der Waals surface area contributed by atoms with Crippen LogP contribution in [0.4, 0.5) is 0 Å². The first-order valence-corrected chi connectivity index (χ1v) is 8.35. The number of hydrogen-bond acceptors (Lipinski definition) is 3. The van der Waals surface area contributed by atoms with Crippen LogP contribution in [0.15, 0.2) is 4.99 Å². The number of carbonyl (C=O) groups is 1. The van der Waals surface area contributed by atoms with Crippen molar-refractivity contribution in [2.45, 2.75) is 59.5 Å². The Labute approximate surface area is 134 Å². The molecule has 0 unspecified atom stereocenters. The van der Waals surface area contributed by atoms with Gasteiger partial charge in [0.05, 0.1) is 12.0 Å². The van der Waals surface area contributed by atoms with Crippen LogP contribution in [0.25, 0.3) is 0 Å². The zero-order valence-corrected chi connectivity index (χ0v) is 14.8. The normalized spacial score (nSPS) is 18.5. The standard InChI is InChI=1S/C16H33N5O/c1-6-18-15(19-11-16(4,5)14(17)22)20-13-7-9-21(10-8-13)12(2)3/h12-13H,6-11H2,1-5H3,(H2,17,22)(H2,18,19,20). The Morgan fingerprint density at radius 1 is 1.36 bits per heavy atom. The lowest BCUT2D eigenvalue weighted by Gasteiger charge is -2.35. The van der Waals surface area contributed by atoms with Gasteiger partial charge in [-0.3, -0.25) is 9.79 Å². The lowest BCUT2D eigenvalue weighted by molar-refractivity contribution is -0.125. The number of likely N-dealkylation sites (tertiary alicyclic amines) is 1. The number of amides is 1. The van der Waals surface area contributed by atoms with E-state index in [1.54, 1.807) is 0 Å². The molecule has 0 aliphatic carbocycles. The second-order valence-corrected chi connectivity index (χ2v) is 6.99. The van der Waals surface area contributed by atoms with Gasteiger partial charge in [-0.1, -0.05) is 0 Å². The molecule has 6 heteroatoms. The second kappa shape index (κ2) is 8.36. The van der Waals surface area contributed by atoms with Gasteiger partial charge in [0, 0.05) is 31.7 Å². The van der Waals surface area contributed by atoms with Gasteiger partial charge in [-0.15, -0.1) is 0 Å². The molecule has 0 aromatic rings. The Kier molecular flexibility index (Phi) is 7.13. The van der Waals surface area contributed by atoms with E-state index in [-0.39, 0.29) is 5.91 Å². The van der Waals surface area contributed by atoms with Crippen LogP contribution < -0.4 is 16.4 Å². The smallest absolute Gasteiger partial charge is 0.224 e. The van der Waals surface area contributed by atoms with Crippen molar-refractivity contribution in [3.8, 4) is 0 Å². The third-order valence-corrected chi connectivity index (χ3v) is 4.24. The summed E-state index contributed by atoms with van der Waals surface area (Å²) in [6.45, 7) is 13.6. The second-order valence-electron chi connectivity index (χ2n) is 6.99. The highest BCUT2D eigenvalue weighted by molar-refractivity contribution is 5.82. The third kappa shape index (κ3) is 5.83. The summed E-state index contributed by atoms with van der Waals surface area (Å²) in [5.41, 5.74) is 4.78. The minimum atomic E-state index is -0.622. The molecule has 0 atom stereocenters. The monoisotopic (exact) mass is 311 g/mol. The predicted octanol–water partition coefficient (Wildman–Crippen LogP) is 0.926. The highest BCUT2D eigenvalue weighted by Gasteiger charge is 2.25. The summed E-state index contributed by atoms with van der Waals surface area (Å²) in [7, 11) is 0. The molecular formula is C16H33N5O. The van der Waals surface area contributed by atoms with Gasteiger partial charge in [-0.2, -0.15) is 0 Å². The fraction of sp³-hybridized carbons (Fsp3) is 0.875. The van der Waals surface area contributed by atoms with Crippen molar-refractivity contribution >= 4 is 11.9 Å². The number of nitrogens with zero attached hydrogens (tertiary/aromatic N) is 2. The molecule has 0 saturated carbocycles. The minimum Gasteiger partial charge on any atom is -0.369 e. The van der Waals surface area contributed by atoms with Crippen molar-refractivity contribution in [1.29, 1.82) is 0 Å². The van der Waals surface area contributed by atoms with Crippen molar-refractivity contribution in [3.63, 3.8) is 0 Å². The highest BCUT2D eigenvalue weighted by atomic mass is 16.1. The van der Waals surface area contributed by atoms with Crippen molar-refractivity contribution in [2.24, 2.45) is 16.1 Å². The van der Waals surface area contributed by atoms with E-state index in [1.165, 1.54) is 0 Å². The fourth-order valence-electron chi connectivity index (χ4n) is 2.43. The van der Waals surface area contributed by atoms with E-state index in [0.717, 1.165) is 38.4 Å². The van der Waals surface area contributed by atoms with Crippen LogP contribution in [0, 0.1) is 5.41 Å². The first kappa shape index (κ1) is 18.7.